The van der Waals surface area contributed by atoms with E-state index in [0.717, 1.165) is 33.4 Å². The number of aryl methyl sites for hydroxylation is 2. The molecule has 0 saturated carbocycles. The highest BCUT2D eigenvalue weighted by atomic mass is 16.5. The highest BCUT2D eigenvalue weighted by molar-refractivity contribution is 5.93. The number of ether oxygens (including phenoxy) is 1. The van der Waals surface area contributed by atoms with Crippen LogP contribution in [0.2, 0.25) is 0 Å². The topological polar surface area (TPSA) is 83.8 Å². The molecule has 0 unspecified atom stereocenters. The van der Waals surface area contributed by atoms with Gasteiger partial charge in [-0.25, -0.2) is 9.59 Å². The fourth-order valence-electron chi connectivity index (χ4n) is 4.32. The molecule has 0 bridgehead atoms. The highest BCUT2D eigenvalue weighted by Gasteiger charge is 2.26. The normalized spacial score (nSPS) is 11.9. The van der Waals surface area contributed by atoms with Crippen LogP contribution in [0.15, 0.2) is 48.5 Å². The molecule has 0 aromatic heterocycles. The van der Waals surface area contributed by atoms with E-state index in [2.05, 4.69) is 41.5 Å². The molecule has 0 amide bonds. The fraction of sp³-hybridized carbons (Fsp3) is 0.355. The summed E-state index contributed by atoms with van der Waals surface area (Å²) in [6.07, 6.45) is 0.391. The third-order valence-electron chi connectivity index (χ3n) is 6.20. The first kappa shape index (κ1) is 27.0. The van der Waals surface area contributed by atoms with E-state index in [1.54, 1.807) is 0 Å². The Morgan fingerprint density at radius 3 is 1.72 bits per heavy atom. The van der Waals surface area contributed by atoms with E-state index in [-0.39, 0.29) is 27.7 Å². The van der Waals surface area contributed by atoms with Crippen molar-refractivity contribution < 1.29 is 24.5 Å². The summed E-state index contributed by atoms with van der Waals surface area (Å²) in [4.78, 5) is 24.3. The van der Waals surface area contributed by atoms with E-state index in [1.807, 2.05) is 38.1 Å². The lowest BCUT2D eigenvalue weighted by Crippen LogP contribution is -2.19. The average molecular weight is 489 g/mol. The number of carboxylic acids is 1. The molecule has 5 nitrogen and oxygen atoms in total. The number of carbonyl (C=O) groups is 2. The number of hydrogen-bond acceptors (Lipinski definition) is 4. The summed E-state index contributed by atoms with van der Waals surface area (Å²) in [7, 11) is 0. The zero-order valence-corrected chi connectivity index (χ0v) is 22.4. The summed E-state index contributed by atoms with van der Waals surface area (Å²) in [5.41, 5.74) is 5.24. The summed E-state index contributed by atoms with van der Waals surface area (Å²) in [6, 6.07) is 13.7. The smallest absolute Gasteiger partial charge is 0.343 e. The second kappa shape index (κ2) is 9.81. The van der Waals surface area contributed by atoms with Crippen LogP contribution in [0, 0.1) is 13.8 Å². The van der Waals surface area contributed by atoms with Crippen LogP contribution < -0.4 is 4.74 Å². The van der Waals surface area contributed by atoms with Crippen LogP contribution in [-0.4, -0.2) is 22.2 Å². The molecule has 3 aromatic rings. The second-order valence-corrected chi connectivity index (χ2v) is 11.6. The van der Waals surface area contributed by atoms with Crippen molar-refractivity contribution in [3.05, 3.63) is 93.0 Å². The quantitative estimate of drug-likeness (QED) is 0.295. The molecule has 0 spiro atoms. The minimum absolute atomic E-state index is 0.0996. The lowest BCUT2D eigenvalue weighted by atomic mass is 9.81. The first-order chi connectivity index (χ1) is 16.6. The number of phenolic OH excluding ortho intramolecular Hbond substituents is 1. The summed E-state index contributed by atoms with van der Waals surface area (Å²) < 4.78 is 6.02. The second-order valence-electron chi connectivity index (χ2n) is 11.6. The molecule has 0 heterocycles. The Bertz CT molecular complexity index is 1300. The largest absolute Gasteiger partial charge is 0.507 e. The molecule has 0 radical (unpaired) electrons. The van der Waals surface area contributed by atoms with Gasteiger partial charge in [0.1, 0.15) is 11.5 Å². The Labute approximate surface area is 213 Å². The summed E-state index contributed by atoms with van der Waals surface area (Å²) in [5, 5.41) is 20.3. The van der Waals surface area contributed by atoms with Gasteiger partial charge < -0.3 is 14.9 Å². The molecule has 0 aliphatic carbocycles. The van der Waals surface area contributed by atoms with Crippen LogP contribution in [-0.2, 0) is 17.3 Å². The van der Waals surface area contributed by atoms with E-state index in [9.17, 15) is 14.7 Å². The number of aromatic carboxylic acids is 1. The molecule has 2 N–H and O–H groups in total. The van der Waals surface area contributed by atoms with E-state index in [0.29, 0.717) is 12.2 Å². The number of rotatable bonds is 5. The van der Waals surface area contributed by atoms with E-state index >= 15 is 0 Å². The van der Waals surface area contributed by atoms with Gasteiger partial charge in [0.15, 0.2) is 0 Å². The van der Waals surface area contributed by atoms with Gasteiger partial charge in [0.2, 0.25) is 0 Å². The van der Waals surface area contributed by atoms with Gasteiger partial charge in [-0.05, 0) is 60.1 Å². The van der Waals surface area contributed by atoms with Crippen molar-refractivity contribution in [3.63, 3.8) is 0 Å². The predicted octanol–water partition coefficient (Wildman–Crippen LogP) is 7.11. The number of esters is 1. The van der Waals surface area contributed by atoms with Crippen LogP contribution in [0.1, 0.15) is 95.6 Å². The molecule has 190 valence electrons. The number of hydrogen-bond donors (Lipinski definition) is 2. The molecule has 3 aromatic carbocycles. The molecular weight excluding hydrogens is 452 g/mol. The van der Waals surface area contributed by atoms with Gasteiger partial charge in [-0.2, -0.15) is 0 Å². The Morgan fingerprint density at radius 1 is 0.750 bits per heavy atom. The lowest BCUT2D eigenvalue weighted by molar-refractivity contribution is 0.0691. The number of phenols is 1. The number of carboxylic acid groups (broad SMARTS) is 1. The van der Waals surface area contributed by atoms with E-state index < -0.39 is 11.9 Å². The Morgan fingerprint density at radius 2 is 1.22 bits per heavy atom. The summed E-state index contributed by atoms with van der Waals surface area (Å²) in [6.45, 7) is 16.4. The van der Waals surface area contributed by atoms with Crippen LogP contribution in [0.4, 0.5) is 0 Å². The van der Waals surface area contributed by atoms with E-state index in [1.165, 1.54) is 24.3 Å². The van der Waals surface area contributed by atoms with Crippen LogP contribution >= 0.6 is 0 Å². The van der Waals surface area contributed by atoms with Gasteiger partial charge in [0.05, 0.1) is 11.1 Å². The van der Waals surface area contributed by atoms with Crippen molar-refractivity contribution in [3.8, 4) is 11.5 Å². The van der Waals surface area contributed by atoms with Crippen LogP contribution in [0.5, 0.6) is 11.5 Å². The van der Waals surface area contributed by atoms with Crippen molar-refractivity contribution in [2.24, 2.45) is 0 Å². The van der Waals surface area contributed by atoms with Crippen molar-refractivity contribution in [1.82, 2.24) is 0 Å². The van der Waals surface area contributed by atoms with Gasteiger partial charge in [-0.3, -0.25) is 0 Å². The molecule has 0 fully saturated rings. The van der Waals surface area contributed by atoms with Crippen molar-refractivity contribution in [2.75, 3.05) is 0 Å². The molecule has 0 aliphatic heterocycles. The lowest BCUT2D eigenvalue weighted by Gasteiger charge is -2.26. The van der Waals surface area contributed by atoms with Crippen molar-refractivity contribution in [2.45, 2.75) is 72.6 Å². The third-order valence-corrected chi connectivity index (χ3v) is 6.20. The molecule has 0 aliphatic rings. The maximum absolute atomic E-state index is 13.2. The predicted molar refractivity (Wildman–Crippen MR) is 143 cm³/mol. The maximum atomic E-state index is 13.2. The van der Waals surface area contributed by atoms with Crippen LogP contribution in [0.3, 0.4) is 0 Å². The molecular formula is C31H36O5. The number of aromatic hydroxyl groups is 1. The SMILES string of the molecule is Cc1cc(Cc2cc(C)cc(C(C)(C)C)c2OC(=O)c2ccc(C(=O)O)cc2)c(O)c(C(C)(C)C)c1. The third kappa shape index (κ3) is 5.96. The Kier molecular flexibility index (Phi) is 7.35. The first-order valence-electron chi connectivity index (χ1n) is 12.1. The van der Waals surface area contributed by atoms with Gasteiger partial charge in [-0.1, -0.05) is 76.9 Å². The fourth-order valence-corrected chi connectivity index (χ4v) is 4.32. The molecule has 36 heavy (non-hydrogen) atoms. The monoisotopic (exact) mass is 488 g/mol. The van der Waals surface area contributed by atoms with E-state index in [4.69, 9.17) is 9.84 Å². The number of carbonyl (C=O) groups excluding carboxylic acids is 1. The average Bonchev–Trinajstić information content (AvgIpc) is 2.76. The van der Waals surface area contributed by atoms with Crippen LogP contribution in [0.25, 0.3) is 0 Å². The summed E-state index contributed by atoms with van der Waals surface area (Å²) in [5.74, 6) is -0.892. The zero-order chi connectivity index (χ0) is 27.0. The maximum Gasteiger partial charge on any atom is 0.343 e. The Hall–Kier alpha value is -3.60. The van der Waals surface area contributed by atoms with Gasteiger partial charge in [0, 0.05) is 17.5 Å². The van der Waals surface area contributed by atoms with Gasteiger partial charge in [-0.15, -0.1) is 0 Å². The van der Waals surface area contributed by atoms with Gasteiger partial charge >= 0.3 is 11.9 Å². The first-order valence-corrected chi connectivity index (χ1v) is 12.1. The minimum Gasteiger partial charge on any atom is -0.507 e. The zero-order valence-electron chi connectivity index (χ0n) is 22.4. The standard InChI is InChI=1S/C31H36O5/c1-18-13-22(26(32)24(15-18)30(3,4)5)17-23-14-19(2)16-25(31(6,7)8)27(23)36-29(35)21-11-9-20(10-12-21)28(33)34/h9-16,32H,17H2,1-8H3,(H,33,34). The molecule has 5 heteroatoms. The number of benzene rings is 3. The van der Waals surface area contributed by atoms with Crippen molar-refractivity contribution in [1.29, 1.82) is 0 Å². The van der Waals surface area contributed by atoms with Gasteiger partial charge in [0.25, 0.3) is 0 Å². The summed E-state index contributed by atoms with van der Waals surface area (Å²) >= 11 is 0. The minimum atomic E-state index is -1.06. The molecule has 3 rings (SSSR count). The Balaban J connectivity index is 2.12. The van der Waals surface area contributed by atoms with Crippen molar-refractivity contribution >= 4 is 11.9 Å². The molecule has 0 atom stereocenters. The molecule has 0 saturated heterocycles. The highest BCUT2D eigenvalue weighted by Crippen LogP contribution is 2.40.